The number of amidine groups is 1. The molecule has 1 aliphatic rings. The quantitative estimate of drug-likeness (QED) is 0.794. The lowest BCUT2D eigenvalue weighted by molar-refractivity contribution is 0.0697. The molecule has 0 saturated carbocycles. The van der Waals surface area contributed by atoms with E-state index in [4.69, 9.17) is 5.11 Å². The minimum absolute atomic E-state index is 0.304. The summed E-state index contributed by atoms with van der Waals surface area (Å²) in [6, 6.07) is 15.0. The SMILES string of the molecule is O=C(O)c1ccc(CNc2ccc(C3=NCCCN3)cc2)cc1. The lowest BCUT2D eigenvalue weighted by Crippen LogP contribution is -2.30. The van der Waals surface area contributed by atoms with Crippen LogP contribution >= 0.6 is 0 Å². The van der Waals surface area contributed by atoms with Gasteiger partial charge in [-0.15, -0.1) is 0 Å². The van der Waals surface area contributed by atoms with E-state index < -0.39 is 5.97 Å². The lowest BCUT2D eigenvalue weighted by Gasteiger charge is -2.15. The first-order valence-electron chi connectivity index (χ1n) is 7.67. The second-order valence-electron chi connectivity index (χ2n) is 5.44. The summed E-state index contributed by atoms with van der Waals surface area (Å²) in [7, 11) is 0. The van der Waals surface area contributed by atoms with Crippen LogP contribution in [0, 0.1) is 0 Å². The van der Waals surface area contributed by atoms with Crippen molar-refractivity contribution in [2.45, 2.75) is 13.0 Å². The Bertz CT molecular complexity index is 706. The van der Waals surface area contributed by atoms with E-state index >= 15 is 0 Å². The average molecular weight is 309 g/mol. The van der Waals surface area contributed by atoms with Crippen molar-refractivity contribution in [3.8, 4) is 0 Å². The van der Waals surface area contributed by atoms with Crippen LogP contribution in [0.5, 0.6) is 0 Å². The van der Waals surface area contributed by atoms with Crippen LogP contribution in [0.2, 0.25) is 0 Å². The van der Waals surface area contributed by atoms with E-state index in [1.807, 2.05) is 36.4 Å². The van der Waals surface area contributed by atoms with Gasteiger partial charge >= 0.3 is 5.97 Å². The molecule has 0 bridgehead atoms. The van der Waals surface area contributed by atoms with Crippen LogP contribution in [-0.4, -0.2) is 30.0 Å². The first kappa shape index (κ1) is 15.1. The summed E-state index contributed by atoms with van der Waals surface area (Å²) >= 11 is 0. The van der Waals surface area contributed by atoms with Gasteiger partial charge in [0.15, 0.2) is 0 Å². The van der Waals surface area contributed by atoms with Crippen molar-refractivity contribution in [2.75, 3.05) is 18.4 Å². The summed E-state index contributed by atoms with van der Waals surface area (Å²) in [5.41, 5.74) is 3.46. The normalized spacial score (nSPS) is 13.8. The van der Waals surface area contributed by atoms with Gasteiger partial charge in [-0.3, -0.25) is 4.99 Å². The van der Waals surface area contributed by atoms with Gasteiger partial charge in [-0.1, -0.05) is 12.1 Å². The molecule has 3 N–H and O–H groups in total. The number of carboxylic acid groups (broad SMARTS) is 1. The van der Waals surface area contributed by atoms with Gasteiger partial charge in [-0.2, -0.15) is 0 Å². The molecule has 0 amide bonds. The number of hydrogen-bond acceptors (Lipinski definition) is 4. The number of hydrogen-bond donors (Lipinski definition) is 3. The first-order valence-corrected chi connectivity index (χ1v) is 7.67. The molecule has 2 aromatic rings. The summed E-state index contributed by atoms with van der Waals surface area (Å²) in [5.74, 6) is 0.0615. The van der Waals surface area contributed by atoms with Crippen molar-refractivity contribution in [3.05, 3.63) is 65.2 Å². The maximum Gasteiger partial charge on any atom is 0.335 e. The zero-order chi connectivity index (χ0) is 16.1. The van der Waals surface area contributed by atoms with Crippen LogP contribution in [0.3, 0.4) is 0 Å². The largest absolute Gasteiger partial charge is 0.478 e. The molecule has 0 fully saturated rings. The van der Waals surface area contributed by atoms with E-state index in [1.54, 1.807) is 12.1 Å². The fraction of sp³-hybridized carbons (Fsp3) is 0.222. The molecule has 1 aliphatic heterocycles. The molecule has 0 radical (unpaired) electrons. The van der Waals surface area contributed by atoms with E-state index in [0.29, 0.717) is 12.1 Å². The molecular formula is C18H19N3O2. The van der Waals surface area contributed by atoms with E-state index in [1.165, 1.54) is 0 Å². The maximum absolute atomic E-state index is 10.8. The minimum Gasteiger partial charge on any atom is -0.478 e. The molecular weight excluding hydrogens is 290 g/mol. The summed E-state index contributed by atoms with van der Waals surface area (Å²) in [6.45, 7) is 2.51. The Morgan fingerprint density at radius 1 is 1.13 bits per heavy atom. The van der Waals surface area contributed by atoms with E-state index in [2.05, 4.69) is 15.6 Å². The Balaban J connectivity index is 1.60. The van der Waals surface area contributed by atoms with Crippen LogP contribution < -0.4 is 10.6 Å². The lowest BCUT2D eigenvalue weighted by atomic mass is 10.1. The molecule has 118 valence electrons. The van der Waals surface area contributed by atoms with Gasteiger partial charge in [0.1, 0.15) is 5.84 Å². The molecule has 0 aromatic heterocycles. The number of benzene rings is 2. The molecule has 3 rings (SSSR count). The summed E-state index contributed by atoms with van der Waals surface area (Å²) < 4.78 is 0. The van der Waals surface area contributed by atoms with Crippen LogP contribution in [0.4, 0.5) is 5.69 Å². The topological polar surface area (TPSA) is 73.7 Å². The highest BCUT2D eigenvalue weighted by molar-refractivity contribution is 5.99. The van der Waals surface area contributed by atoms with Crippen molar-refractivity contribution >= 4 is 17.5 Å². The predicted molar refractivity (Wildman–Crippen MR) is 91.2 cm³/mol. The third kappa shape index (κ3) is 3.88. The molecule has 0 spiro atoms. The summed E-state index contributed by atoms with van der Waals surface area (Å²) in [6.07, 6.45) is 1.09. The van der Waals surface area contributed by atoms with Gasteiger partial charge < -0.3 is 15.7 Å². The van der Waals surface area contributed by atoms with Crippen molar-refractivity contribution < 1.29 is 9.90 Å². The van der Waals surface area contributed by atoms with Crippen LogP contribution in [0.1, 0.15) is 27.9 Å². The van der Waals surface area contributed by atoms with Gasteiger partial charge in [0.25, 0.3) is 0 Å². The molecule has 5 nitrogen and oxygen atoms in total. The van der Waals surface area contributed by atoms with Crippen LogP contribution in [0.25, 0.3) is 0 Å². The number of carbonyl (C=O) groups is 1. The molecule has 5 heteroatoms. The number of carboxylic acids is 1. The fourth-order valence-corrected chi connectivity index (χ4v) is 2.44. The van der Waals surface area contributed by atoms with Crippen molar-refractivity contribution in [2.24, 2.45) is 4.99 Å². The Morgan fingerprint density at radius 3 is 2.48 bits per heavy atom. The highest BCUT2D eigenvalue weighted by Gasteiger charge is 2.06. The number of aliphatic imine (C=N–C) groups is 1. The number of anilines is 1. The maximum atomic E-state index is 10.8. The molecule has 0 saturated heterocycles. The van der Waals surface area contributed by atoms with Gasteiger partial charge in [-0.05, 0) is 48.4 Å². The zero-order valence-corrected chi connectivity index (χ0v) is 12.7. The minimum atomic E-state index is -0.903. The zero-order valence-electron chi connectivity index (χ0n) is 12.7. The Morgan fingerprint density at radius 2 is 1.87 bits per heavy atom. The second kappa shape index (κ2) is 6.96. The van der Waals surface area contributed by atoms with Gasteiger partial charge in [-0.25, -0.2) is 4.79 Å². The fourth-order valence-electron chi connectivity index (χ4n) is 2.44. The second-order valence-corrected chi connectivity index (χ2v) is 5.44. The molecule has 2 aromatic carbocycles. The van der Waals surface area contributed by atoms with Crippen molar-refractivity contribution in [1.82, 2.24) is 5.32 Å². The molecule has 23 heavy (non-hydrogen) atoms. The van der Waals surface area contributed by atoms with Crippen molar-refractivity contribution in [3.63, 3.8) is 0 Å². The number of aromatic carboxylic acids is 1. The third-order valence-electron chi connectivity index (χ3n) is 3.75. The molecule has 1 heterocycles. The number of nitrogens with zero attached hydrogens (tertiary/aromatic N) is 1. The molecule has 0 aliphatic carbocycles. The van der Waals surface area contributed by atoms with Gasteiger partial charge in [0.05, 0.1) is 5.56 Å². The average Bonchev–Trinajstić information content (AvgIpc) is 2.61. The Hall–Kier alpha value is -2.82. The number of rotatable bonds is 5. The highest BCUT2D eigenvalue weighted by Crippen LogP contribution is 2.13. The van der Waals surface area contributed by atoms with Crippen LogP contribution in [0.15, 0.2) is 53.5 Å². The smallest absolute Gasteiger partial charge is 0.335 e. The Labute approximate surface area is 135 Å². The first-order chi connectivity index (χ1) is 11.2. The van der Waals surface area contributed by atoms with E-state index in [-0.39, 0.29) is 0 Å². The van der Waals surface area contributed by atoms with Gasteiger partial charge in [0, 0.05) is 30.9 Å². The Kier molecular flexibility index (Phi) is 4.57. The molecule has 0 atom stereocenters. The van der Waals surface area contributed by atoms with Crippen molar-refractivity contribution in [1.29, 1.82) is 0 Å². The monoisotopic (exact) mass is 309 g/mol. The standard InChI is InChI=1S/C18H19N3O2/c22-18(23)15-4-2-13(3-5-15)12-21-16-8-6-14(7-9-16)17-19-10-1-11-20-17/h2-9,21H,1,10-12H2,(H,19,20)(H,22,23). The summed E-state index contributed by atoms with van der Waals surface area (Å²) in [4.78, 5) is 15.3. The highest BCUT2D eigenvalue weighted by atomic mass is 16.4. The van der Waals surface area contributed by atoms with E-state index in [0.717, 1.165) is 42.2 Å². The molecule has 0 unspecified atom stereocenters. The summed E-state index contributed by atoms with van der Waals surface area (Å²) in [5, 5.41) is 15.5. The predicted octanol–water partition coefficient (Wildman–Crippen LogP) is 2.74. The number of nitrogens with one attached hydrogen (secondary N) is 2. The van der Waals surface area contributed by atoms with Crippen LogP contribution in [-0.2, 0) is 6.54 Å². The third-order valence-corrected chi connectivity index (χ3v) is 3.75. The van der Waals surface area contributed by atoms with E-state index in [9.17, 15) is 4.79 Å². The van der Waals surface area contributed by atoms with Gasteiger partial charge in [0.2, 0.25) is 0 Å².